The van der Waals surface area contributed by atoms with Crippen LogP contribution < -0.4 is 5.32 Å². The van der Waals surface area contributed by atoms with Gasteiger partial charge in [-0.1, -0.05) is 0 Å². The minimum atomic E-state index is -0.303. The molecule has 0 radical (unpaired) electrons. The molecular formula is C14H15BrN2O2S2. The predicted octanol–water partition coefficient (Wildman–Crippen LogP) is 3.35. The molecule has 1 saturated carbocycles. The number of thiocarbonyl (C=S) groups is 1. The van der Waals surface area contributed by atoms with Crippen LogP contribution in [0.3, 0.4) is 0 Å². The molecule has 1 fully saturated rings. The molecule has 0 bridgehead atoms. The first-order valence-corrected chi connectivity index (χ1v) is 8.68. The van der Waals surface area contributed by atoms with Crippen LogP contribution >= 0.6 is 39.5 Å². The van der Waals surface area contributed by atoms with Crippen molar-refractivity contribution in [3.05, 3.63) is 32.1 Å². The van der Waals surface area contributed by atoms with Gasteiger partial charge in [-0.05, 0) is 60.0 Å². The van der Waals surface area contributed by atoms with Gasteiger partial charge in [0.25, 0.3) is 0 Å². The summed E-state index contributed by atoms with van der Waals surface area (Å²) in [6.07, 6.45) is 2.23. The average Bonchev–Trinajstić information content (AvgIpc) is 3.18. The van der Waals surface area contributed by atoms with Gasteiger partial charge in [-0.25, -0.2) is 4.79 Å². The molecule has 7 heteroatoms. The Balaban J connectivity index is 2.06. The fourth-order valence-corrected chi connectivity index (χ4v) is 4.49. The zero-order valence-corrected chi connectivity index (χ0v) is 14.9. The van der Waals surface area contributed by atoms with Crippen molar-refractivity contribution in [2.24, 2.45) is 0 Å². The van der Waals surface area contributed by atoms with Crippen molar-refractivity contribution in [2.75, 3.05) is 7.11 Å². The van der Waals surface area contributed by atoms with Gasteiger partial charge in [0.15, 0.2) is 5.11 Å². The monoisotopic (exact) mass is 386 g/mol. The Labute approximate surface area is 141 Å². The van der Waals surface area contributed by atoms with Crippen molar-refractivity contribution in [2.45, 2.75) is 31.8 Å². The normalized spacial score (nSPS) is 22.3. The summed E-state index contributed by atoms with van der Waals surface area (Å²) >= 11 is 10.6. The highest BCUT2D eigenvalue weighted by Gasteiger charge is 2.41. The zero-order valence-electron chi connectivity index (χ0n) is 11.7. The molecule has 1 aliphatic carbocycles. The van der Waals surface area contributed by atoms with E-state index in [4.69, 9.17) is 17.0 Å². The van der Waals surface area contributed by atoms with E-state index >= 15 is 0 Å². The molecule has 2 heterocycles. The molecule has 2 aliphatic rings. The molecular weight excluding hydrogens is 372 g/mol. The third-order valence-corrected chi connectivity index (χ3v) is 5.73. The van der Waals surface area contributed by atoms with Crippen LogP contribution in [0.1, 0.15) is 30.7 Å². The number of hydrogen-bond donors (Lipinski definition) is 1. The van der Waals surface area contributed by atoms with Gasteiger partial charge in [0.2, 0.25) is 0 Å². The first kappa shape index (κ1) is 15.0. The number of carbonyl (C=O) groups excluding carboxylic acids is 1. The topological polar surface area (TPSA) is 41.6 Å². The number of nitrogens with zero attached hydrogens (tertiary/aromatic N) is 1. The SMILES string of the molecule is COC(=O)C1=C(C)N(C2CC2)C(=S)N[C@@H]1c1ccc(Br)s1. The second-order valence-electron chi connectivity index (χ2n) is 5.12. The maximum atomic E-state index is 12.3. The Kier molecular flexibility index (Phi) is 4.07. The third-order valence-electron chi connectivity index (χ3n) is 3.72. The lowest BCUT2D eigenvalue weighted by Gasteiger charge is -2.37. The number of methoxy groups -OCH3 is 1. The fraction of sp³-hybridized carbons (Fsp3) is 0.429. The first-order chi connectivity index (χ1) is 10.0. The molecule has 1 N–H and O–H groups in total. The molecule has 1 atom stereocenters. The van der Waals surface area contributed by atoms with Crippen molar-refractivity contribution in [3.63, 3.8) is 0 Å². The Morgan fingerprint density at radius 3 is 2.76 bits per heavy atom. The van der Waals surface area contributed by atoms with Crippen LogP contribution in [0.15, 0.2) is 27.2 Å². The summed E-state index contributed by atoms with van der Waals surface area (Å²) in [5.41, 5.74) is 1.55. The number of halogens is 1. The van der Waals surface area contributed by atoms with Crippen molar-refractivity contribution in [1.29, 1.82) is 0 Å². The zero-order chi connectivity index (χ0) is 15.1. The van der Waals surface area contributed by atoms with E-state index in [0.29, 0.717) is 16.7 Å². The van der Waals surface area contributed by atoms with Gasteiger partial charge < -0.3 is 15.0 Å². The molecule has 0 aromatic carbocycles. The third kappa shape index (κ3) is 2.74. The van der Waals surface area contributed by atoms with Crippen LogP contribution in [0.25, 0.3) is 0 Å². The number of hydrogen-bond acceptors (Lipinski definition) is 4. The van der Waals surface area contributed by atoms with Crippen molar-refractivity contribution < 1.29 is 9.53 Å². The minimum absolute atomic E-state index is 0.240. The van der Waals surface area contributed by atoms with Crippen molar-refractivity contribution >= 4 is 50.6 Å². The highest BCUT2D eigenvalue weighted by atomic mass is 79.9. The summed E-state index contributed by atoms with van der Waals surface area (Å²) < 4.78 is 6.01. The highest BCUT2D eigenvalue weighted by molar-refractivity contribution is 9.11. The number of carbonyl (C=O) groups is 1. The lowest BCUT2D eigenvalue weighted by molar-refractivity contribution is -0.136. The van der Waals surface area contributed by atoms with Gasteiger partial charge >= 0.3 is 5.97 Å². The highest BCUT2D eigenvalue weighted by Crippen LogP contribution is 2.40. The van der Waals surface area contributed by atoms with E-state index in [-0.39, 0.29) is 12.0 Å². The van der Waals surface area contributed by atoms with E-state index in [1.807, 2.05) is 19.1 Å². The number of ether oxygens (including phenoxy) is 1. The molecule has 1 aliphatic heterocycles. The quantitative estimate of drug-likeness (QED) is 0.637. The van der Waals surface area contributed by atoms with E-state index in [1.54, 1.807) is 11.3 Å². The molecule has 112 valence electrons. The van der Waals surface area contributed by atoms with Crippen LogP contribution in [-0.2, 0) is 9.53 Å². The Morgan fingerprint density at radius 2 is 2.24 bits per heavy atom. The summed E-state index contributed by atoms with van der Waals surface area (Å²) in [5.74, 6) is -0.303. The fourth-order valence-electron chi connectivity index (χ4n) is 2.60. The van der Waals surface area contributed by atoms with Crippen LogP contribution in [0, 0.1) is 0 Å². The summed E-state index contributed by atoms with van der Waals surface area (Å²) in [4.78, 5) is 15.4. The molecule has 3 rings (SSSR count). The maximum Gasteiger partial charge on any atom is 0.338 e. The number of rotatable bonds is 3. The standard InChI is InChI=1S/C14H15BrN2O2S2/c1-7-11(13(18)19-2)12(9-5-6-10(15)21-9)16-14(20)17(7)8-3-4-8/h5-6,8,12H,3-4H2,1-2H3,(H,16,20)/t12-/m1/s1. The average molecular weight is 387 g/mol. The van der Waals surface area contributed by atoms with Crippen LogP contribution in [0.2, 0.25) is 0 Å². The number of thiophene rings is 1. The Bertz CT molecular complexity index is 637. The number of esters is 1. The summed E-state index contributed by atoms with van der Waals surface area (Å²) in [7, 11) is 1.42. The van der Waals surface area contributed by atoms with Crippen LogP contribution in [-0.4, -0.2) is 29.1 Å². The Hall–Kier alpha value is -0.920. The van der Waals surface area contributed by atoms with E-state index in [2.05, 4.69) is 26.1 Å². The van der Waals surface area contributed by atoms with Crippen LogP contribution in [0.4, 0.5) is 0 Å². The van der Waals surface area contributed by atoms with Gasteiger partial charge in [0, 0.05) is 16.6 Å². The van der Waals surface area contributed by atoms with E-state index < -0.39 is 0 Å². The smallest absolute Gasteiger partial charge is 0.338 e. The number of nitrogens with one attached hydrogen (secondary N) is 1. The molecule has 0 amide bonds. The first-order valence-electron chi connectivity index (χ1n) is 6.67. The summed E-state index contributed by atoms with van der Waals surface area (Å²) in [6, 6.07) is 4.15. The van der Waals surface area contributed by atoms with Crippen LogP contribution in [0.5, 0.6) is 0 Å². The second kappa shape index (κ2) is 5.70. The van der Waals surface area contributed by atoms with Gasteiger partial charge in [0.05, 0.1) is 22.5 Å². The molecule has 0 saturated heterocycles. The van der Waals surface area contributed by atoms with E-state index in [1.165, 1.54) is 7.11 Å². The molecule has 0 unspecified atom stereocenters. The largest absolute Gasteiger partial charge is 0.466 e. The lowest BCUT2D eigenvalue weighted by Crippen LogP contribution is -2.48. The molecule has 4 nitrogen and oxygen atoms in total. The minimum Gasteiger partial charge on any atom is -0.466 e. The summed E-state index contributed by atoms with van der Waals surface area (Å²) in [5, 5.41) is 3.99. The lowest BCUT2D eigenvalue weighted by atomic mass is 10.0. The van der Waals surface area contributed by atoms with E-state index in [9.17, 15) is 4.79 Å². The Morgan fingerprint density at radius 1 is 1.52 bits per heavy atom. The van der Waals surface area contributed by atoms with Gasteiger partial charge in [-0.2, -0.15) is 0 Å². The maximum absolute atomic E-state index is 12.3. The molecule has 21 heavy (non-hydrogen) atoms. The van der Waals surface area contributed by atoms with E-state index in [0.717, 1.165) is 27.2 Å². The van der Waals surface area contributed by atoms with Crippen molar-refractivity contribution in [1.82, 2.24) is 10.2 Å². The van der Waals surface area contributed by atoms with Crippen molar-refractivity contribution in [3.8, 4) is 0 Å². The van der Waals surface area contributed by atoms with Gasteiger partial charge in [-0.15, -0.1) is 11.3 Å². The predicted molar refractivity (Wildman–Crippen MR) is 90.1 cm³/mol. The van der Waals surface area contributed by atoms with Gasteiger partial charge in [-0.3, -0.25) is 0 Å². The van der Waals surface area contributed by atoms with Gasteiger partial charge in [0.1, 0.15) is 0 Å². The number of allylic oxidation sites excluding steroid dienone is 1. The molecule has 0 spiro atoms. The second-order valence-corrected chi connectivity index (χ2v) is 8.00. The molecule has 1 aromatic rings. The summed E-state index contributed by atoms with van der Waals surface area (Å²) in [6.45, 7) is 1.95. The molecule has 1 aromatic heterocycles.